The Morgan fingerprint density at radius 2 is 2.06 bits per heavy atom. The molecule has 1 aromatic carbocycles. The standard InChI is InChI=1S/C27H28N6O2/c1-3-23-29-22-7-5-4-6-20(22)26(30-23)21-14-19(15-28)27(31-25(21)18-8-9-18)32-11-12-33(17(2)16-32)24(35)10-13-34/h3-7,14,17-18,34H,1,8-13,16H2,2H3/t17-/m1/s1. The molecule has 1 amide bonds. The molecule has 1 aliphatic heterocycles. The average molecular weight is 469 g/mol. The van der Waals surface area contributed by atoms with Gasteiger partial charge < -0.3 is 14.9 Å². The van der Waals surface area contributed by atoms with Gasteiger partial charge in [0.05, 0.1) is 29.1 Å². The second-order valence-electron chi connectivity index (χ2n) is 9.19. The number of nitriles is 1. The number of hydrogen-bond donors (Lipinski definition) is 1. The number of carbonyl (C=O) groups is 1. The number of hydrogen-bond acceptors (Lipinski definition) is 7. The molecular weight excluding hydrogens is 440 g/mol. The Bertz CT molecular complexity index is 1340. The van der Waals surface area contributed by atoms with Gasteiger partial charge >= 0.3 is 0 Å². The molecule has 1 aliphatic carbocycles. The highest BCUT2D eigenvalue weighted by molar-refractivity contribution is 5.94. The molecule has 0 radical (unpaired) electrons. The first-order valence-electron chi connectivity index (χ1n) is 12.0. The Kier molecular flexibility index (Phi) is 6.18. The van der Waals surface area contributed by atoms with Crippen LogP contribution in [0.2, 0.25) is 0 Å². The fourth-order valence-corrected chi connectivity index (χ4v) is 4.85. The fourth-order valence-electron chi connectivity index (χ4n) is 4.85. The van der Waals surface area contributed by atoms with Gasteiger partial charge in [0.25, 0.3) is 0 Å². The number of fused-ring (bicyclic) bond motifs is 1. The molecule has 3 heterocycles. The summed E-state index contributed by atoms with van der Waals surface area (Å²) in [6.07, 6.45) is 3.88. The molecule has 8 nitrogen and oxygen atoms in total. The van der Waals surface area contributed by atoms with Crippen LogP contribution in [0.25, 0.3) is 28.2 Å². The molecule has 1 atom stereocenters. The van der Waals surface area contributed by atoms with Crippen molar-refractivity contribution < 1.29 is 9.90 Å². The van der Waals surface area contributed by atoms with Gasteiger partial charge in [0.1, 0.15) is 11.9 Å². The SMILES string of the molecule is C=Cc1nc(-c2cc(C#N)c(N3CCN(C(=O)CCO)[C@H](C)C3)nc2C2CC2)c2ccccc2n1. The second-order valence-corrected chi connectivity index (χ2v) is 9.19. The highest BCUT2D eigenvalue weighted by Crippen LogP contribution is 2.45. The number of aromatic nitrogens is 3. The molecule has 0 bridgehead atoms. The van der Waals surface area contributed by atoms with E-state index in [4.69, 9.17) is 15.1 Å². The molecule has 1 N–H and O–H groups in total. The van der Waals surface area contributed by atoms with E-state index in [-0.39, 0.29) is 25.0 Å². The van der Waals surface area contributed by atoms with E-state index >= 15 is 0 Å². The van der Waals surface area contributed by atoms with Crippen molar-refractivity contribution in [3.05, 3.63) is 54.0 Å². The van der Waals surface area contributed by atoms with Gasteiger partial charge in [-0.1, -0.05) is 24.8 Å². The van der Waals surface area contributed by atoms with E-state index in [2.05, 4.69) is 22.5 Å². The molecule has 0 unspecified atom stereocenters. The van der Waals surface area contributed by atoms with E-state index < -0.39 is 0 Å². The predicted molar refractivity (Wildman–Crippen MR) is 135 cm³/mol. The monoisotopic (exact) mass is 468 g/mol. The summed E-state index contributed by atoms with van der Waals surface area (Å²) in [4.78, 5) is 30.7. The molecule has 1 saturated heterocycles. The van der Waals surface area contributed by atoms with Crippen molar-refractivity contribution >= 4 is 28.7 Å². The highest BCUT2D eigenvalue weighted by atomic mass is 16.3. The van der Waals surface area contributed by atoms with Crippen LogP contribution in [0.4, 0.5) is 5.82 Å². The smallest absolute Gasteiger partial charge is 0.225 e. The van der Waals surface area contributed by atoms with Gasteiger partial charge in [-0.3, -0.25) is 4.79 Å². The lowest BCUT2D eigenvalue weighted by atomic mass is 9.99. The van der Waals surface area contributed by atoms with Crippen molar-refractivity contribution in [2.75, 3.05) is 31.1 Å². The number of aliphatic hydroxyl groups is 1. The van der Waals surface area contributed by atoms with Crippen LogP contribution in [-0.4, -0.2) is 63.1 Å². The third-order valence-electron chi connectivity index (χ3n) is 6.75. The largest absolute Gasteiger partial charge is 0.396 e. The molecule has 1 saturated carbocycles. The summed E-state index contributed by atoms with van der Waals surface area (Å²) in [7, 11) is 0. The van der Waals surface area contributed by atoms with E-state index in [0.29, 0.717) is 42.8 Å². The Morgan fingerprint density at radius 1 is 1.26 bits per heavy atom. The van der Waals surface area contributed by atoms with E-state index in [1.165, 1.54) is 0 Å². The summed E-state index contributed by atoms with van der Waals surface area (Å²) < 4.78 is 0. The summed E-state index contributed by atoms with van der Waals surface area (Å²) in [5.74, 6) is 1.50. The number of anilines is 1. The minimum Gasteiger partial charge on any atom is -0.396 e. The zero-order valence-electron chi connectivity index (χ0n) is 19.8. The van der Waals surface area contributed by atoms with Crippen LogP contribution >= 0.6 is 0 Å². The first kappa shape index (κ1) is 22.9. The van der Waals surface area contributed by atoms with E-state index in [1.807, 2.05) is 37.3 Å². The molecule has 2 aromatic heterocycles. The summed E-state index contributed by atoms with van der Waals surface area (Å²) in [5, 5.41) is 20.2. The second kappa shape index (κ2) is 9.43. The Balaban J connectivity index is 1.58. The molecule has 35 heavy (non-hydrogen) atoms. The predicted octanol–water partition coefficient (Wildman–Crippen LogP) is 3.50. The fraction of sp³-hybridized carbons (Fsp3) is 0.370. The van der Waals surface area contributed by atoms with Crippen LogP contribution in [0.5, 0.6) is 0 Å². The van der Waals surface area contributed by atoms with Crippen molar-refractivity contribution in [1.29, 1.82) is 5.26 Å². The number of carbonyl (C=O) groups excluding carboxylic acids is 1. The Labute approximate surface area is 204 Å². The molecule has 2 aliphatic rings. The van der Waals surface area contributed by atoms with Crippen molar-refractivity contribution in [3.8, 4) is 17.3 Å². The molecule has 0 spiro atoms. The van der Waals surface area contributed by atoms with Gasteiger partial charge in [0, 0.05) is 49.0 Å². The summed E-state index contributed by atoms with van der Waals surface area (Å²) in [6, 6.07) is 12.1. The van der Waals surface area contributed by atoms with Crippen molar-refractivity contribution in [1.82, 2.24) is 19.9 Å². The van der Waals surface area contributed by atoms with Crippen LogP contribution in [0.3, 0.4) is 0 Å². The number of aliphatic hydroxyl groups excluding tert-OH is 1. The average Bonchev–Trinajstić information content (AvgIpc) is 3.72. The zero-order chi connectivity index (χ0) is 24.5. The highest BCUT2D eigenvalue weighted by Gasteiger charge is 2.33. The number of pyridine rings is 1. The number of nitrogens with zero attached hydrogens (tertiary/aromatic N) is 6. The topological polar surface area (TPSA) is 106 Å². The number of rotatable bonds is 6. The lowest BCUT2D eigenvalue weighted by Gasteiger charge is -2.40. The van der Waals surface area contributed by atoms with E-state index in [9.17, 15) is 10.1 Å². The van der Waals surface area contributed by atoms with Crippen LogP contribution in [0.15, 0.2) is 36.9 Å². The first-order valence-corrected chi connectivity index (χ1v) is 12.0. The van der Waals surface area contributed by atoms with Gasteiger partial charge in [-0.25, -0.2) is 15.0 Å². The minimum atomic E-state index is -0.149. The van der Waals surface area contributed by atoms with E-state index in [1.54, 1.807) is 11.0 Å². The third-order valence-corrected chi connectivity index (χ3v) is 6.75. The summed E-state index contributed by atoms with van der Waals surface area (Å²) in [6.45, 7) is 7.39. The van der Waals surface area contributed by atoms with Crippen molar-refractivity contribution in [3.63, 3.8) is 0 Å². The Morgan fingerprint density at radius 3 is 2.74 bits per heavy atom. The normalized spacial score (nSPS) is 17.9. The number of benzene rings is 1. The van der Waals surface area contributed by atoms with Crippen LogP contribution in [-0.2, 0) is 4.79 Å². The van der Waals surface area contributed by atoms with E-state index in [0.717, 1.165) is 40.7 Å². The number of piperazine rings is 1. The van der Waals surface area contributed by atoms with Gasteiger partial charge in [-0.05, 0) is 38.0 Å². The number of amides is 1. The molecule has 2 fully saturated rings. The first-order chi connectivity index (χ1) is 17.0. The maximum absolute atomic E-state index is 12.3. The molecular formula is C27H28N6O2. The maximum Gasteiger partial charge on any atom is 0.225 e. The van der Waals surface area contributed by atoms with Gasteiger partial charge in [-0.15, -0.1) is 0 Å². The third kappa shape index (κ3) is 4.35. The summed E-state index contributed by atoms with van der Waals surface area (Å²) >= 11 is 0. The minimum absolute atomic E-state index is 0.0406. The zero-order valence-corrected chi connectivity index (χ0v) is 19.8. The van der Waals surface area contributed by atoms with Gasteiger partial charge in [-0.2, -0.15) is 5.26 Å². The number of para-hydroxylation sites is 1. The van der Waals surface area contributed by atoms with Gasteiger partial charge in [0.2, 0.25) is 5.91 Å². The van der Waals surface area contributed by atoms with Crippen LogP contribution in [0, 0.1) is 11.3 Å². The van der Waals surface area contributed by atoms with Crippen LogP contribution in [0.1, 0.15) is 49.2 Å². The van der Waals surface area contributed by atoms with Crippen molar-refractivity contribution in [2.24, 2.45) is 0 Å². The molecule has 8 heteroatoms. The van der Waals surface area contributed by atoms with Gasteiger partial charge in [0.15, 0.2) is 5.82 Å². The molecule has 3 aromatic rings. The Hall–Kier alpha value is -3.83. The van der Waals surface area contributed by atoms with Crippen LogP contribution < -0.4 is 4.90 Å². The lowest BCUT2D eigenvalue weighted by molar-refractivity contribution is -0.134. The quantitative estimate of drug-likeness (QED) is 0.590. The molecule has 5 rings (SSSR count). The summed E-state index contributed by atoms with van der Waals surface area (Å²) in [5.41, 5.74) is 3.93. The molecule has 178 valence electrons. The lowest BCUT2D eigenvalue weighted by Crippen LogP contribution is -2.54. The van der Waals surface area contributed by atoms with Crippen molar-refractivity contribution in [2.45, 2.75) is 38.1 Å². The maximum atomic E-state index is 12.3.